The summed E-state index contributed by atoms with van der Waals surface area (Å²) in [6.45, 7) is 4.27. The van der Waals surface area contributed by atoms with Crippen molar-refractivity contribution in [3.8, 4) is 0 Å². The van der Waals surface area contributed by atoms with Gasteiger partial charge in [-0.05, 0) is 39.0 Å². The van der Waals surface area contributed by atoms with Crippen LogP contribution in [0.25, 0.3) is 0 Å². The Hall–Kier alpha value is -1.10. The lowest BCUT2D eigenvalue weighted by Crippen LogP contribution is -2.44. The lowest BCUT2D eigenvalue weighted by Gasteiger charge is -2.30. The molecule has 1 atom stereocenters. The molecule has 0 aromatic heterocycles. The first-order valence-electron chi connectivity index (χ1n) is 7.85. The third kappa shape index (κ3) is 5.95. The zero-order chi connectivity index (χ0) is 15.1. The van der Waals surface area contributed by atoms with Gasteiger partial charge in [-0.1, -0.05) is 30.3 Å². The van der Waals surface area contributed by atoms with Gasteiger partial charge in [0.05, 0.1) is 5.92 Å². The van der Waals surface area contributed by atoms with Crippen LogP contribution in [0, 0.1) is 5.92 Å². The van der Waals surface area contributed by atoms with Crippen molar-refractivity contribution in [1.29, 1.82) is 0 Å². The van der Waals surface area contributed by atoms with Crippen LogP contribution in [0.4, 0.5) is 0 Å². The fourth-order valence-corrected chi connectivity index (χ4v) is 2.71. The van der Waals surface area contributed by atoms with E-state index in [2.05, 4.69) is 22.3 Å². The number of rotatable bonds is 6. The summed E-state index contributed by atoms with van der Waals surface area (Å²) in [6, 6.07) is 10.3. The van der Waals surface area contributed by atoms with Gasteiger partial charge in [0, 0.05) is 26.2 Å². The van der Waals surface area contributed by atoms with E-state index < -0.39 is 0 Å². The van der Waals surface area contributed by atoms with Gasteiger partial charge >= 0.3 is 0 Å². The normalized spacial score (nSPS) is 17.9. The Kier molecular flexibility index (Phi) is 8.46. The molecule has 1 aliphatic heterocycles. The molecule has 1 N–H and O–H groups in total. The van der Waals surface area contributed by atoms with Crippen molar-refractivity contribution < 1.29 is 4.79 Å². The first-order valence-corrected chi connectivity index (χ1v) is 7.85. The van der Waals surface area contributed by atoms with Gasteiger partial charge in [-0.2, -0.15) is 0 Å². The SMILES string of the molecule is CN(C)CCN(Cc1ccccc1)C(=O)[C@@H]1CCCNC1.Cl. The van der Waals surface area contributed by atoms with Crippen LogP contribution in [-0.4, -0.2) is 56.0 Å². The third-order valence-corrected chi connectivity index (χ3v) is 3.99. The van der Waals surface area contributed by atoms with Gasteiger partial charge in [0.15, 0.2) is 0 Å². The number of likely N-dealkylation sites (N-methyl/N-ethyl adjacent to an activating group) is 1. The first kappa shape index (κ1) is 18.9. The smallest absolute Gasteiger partial charge is 0.227 e. The molecule has 4 nitrogen and oxygen atoms in total. The Labute approximate surface area is 140 Å². The Balaban J connectivity index is 0.00000242. The van der Waals surface area contributed by atoms with E-state index in [9.17, 15) is 4.79 Å². The van der Waals surface area contributed by atoms with Crippen molar-refractivity contribution >= 4 is 18.3 Å². The molecule has 1 fully saturated rings. The van der Waals surface area contributed by atoms with Crippen LogP contribution in [0.15, 0.2) is 30.3 Å². The van der Waals surface area contributed by atoms with Gasteiger partial charge in [0.25, 0.3) is 0 Å². The van der Waals surface area contributed by atoms with E-state index in [1.807, 2.05) is 37.2 Å². The second-order valence-corrected chi connectivity index (χ2v) is 6.09. The number of amides is 1. The molecular weight excluding hydrogens is 298 g/mol. The number of benzene rings is 1. The molecule has 1 saturated heterocycles. The van der Waals surface area contributed by atoms with Crippen molar-refractivity contribution in [3.63, 3.8) is 0 Å². The maximum Gasteiger partial charge on any atom is 0.227 e. The Morgan fingerprint density at radius 3 is 2.55 bits per heavy atom. The minimum Gasteiger partial charge on any atom is -0.337 e. The molecule has 5 heteroatoms. The fourth-order valence-electron chi connectivity index (χ4n) is 2.71. The van der Waals surface area contributed by atoms with E-state index in [1.165, 1.54) is 5.56 Å². The Morgan fingerprint density at radius 2 is 1.95 bits per heavy atom. The van der Waals surface area contributed by atoms with E-state index in [1.54, 1.807) is 0 Å². The fraction of sp³-hybridized carbons (Fsp3) is 0.588. The van der Waals surface area contributed by atoms with Crippen LogP contribution < -0.4 is 5.32 Å². The molecule has 0 spiro atoms. The van der Waals surface area contributed by atoms with E-state index in [-0.39, 0.29) is 18.3 Å². The van der Waals surface area contributed by atoms with Crippen LogP contribution >= 0.6 is 12.4 Å². The molecule has 1 heterocycles. The molecule has 1 aromatic carbocycles. The molecule has 1 amide bonds. The molecule has 124 valence electrons. The number of piperidine rings is 1. The zero-order valence-corrected chi connectivity index (χ0v) is 14.4. The van der Waals surface area contributed by atoms with E-state index in [4.69, 9.17) is 0 Å². The van der Waals surface area contributed by atoms with Crippen molar-refractivity contribution in [2.24, 2.45) is 5.92 Å². The number of nitrogens with zero attached hydrogens (tertiary/aromatic N) is 2. The minimum absolute atomic E-state index is 0. The van der Waals surface area contributed by atoms with Crippen LogP contribution in [0.2, 0.25) is 0 Å². The summed E-state index contributed by atoms with van der Waals surface area (Å²) in [5, 5.41) is 3.34. The third-order valence-electron chi connectivity index (χ3n) is 3.99. The van der Waals surface area contributed by atoms with Gasteiger partial charge in [-0.25, -0.2) is 0 Å². The largest absolute Gasteiger partial charge is 0.337 e. The Bertz CT molecular complexity index is 433. The van der Waals surface area contributed by atoms with Gasteiger partial charge < -0.3 is 15.1 Å². The first-order chi connectivity index (χ1) is 10.2. The Morgan fingerprint density at radius 1 is 1.23 bits per heavy atom. The molecule has 0 radical (unpaired) electrons. The van der Waals surface area contributed by atoms with E-state index >= 15 is 0 Å². The summed E-state index contributed by atoms with van der Waals surface area (Å²) in [5.74, 6) is 0.442. The predicted molar refractivity (Wildman–Crippen MR) is 93.3 cm³/mol. The second kappa shape index (κ2) is 9.82. The lowest BCUT2D eigenvalue weighted by atomic mass is 9.98. The van der Waals surface area contributed by atoms with Gasteiger partial charge in [0.1, 0.15) is 0 Å². The maximum atomic E-state index is 12.8. The molecule has 1 aromatic rings. The average Bonchev–Trinajstić information content (AvgIpc) is 2.52. The summed E-state index contributed by atoms with van der Waals surface area (Å²) in [4.78, 5) is 16.9. The van der Waals surface area contributed by atoms with Gasteiger partial charge in [-0.15, -0.1) is 12.4 Å². The molecule has 0 unspecified atom stereocenters. The highest BCUT2D eigenvalue weighted by molar-refractivity contribution is 5.85. The number of hydrogen-bond donors (Lipinski definition) is 1. The van der Waals surface area contributed by atoms with Crippen LogP contribution in [0.5, 0.6) is 0 Å². The van der Waals surface area contributed by atoms with Crippen LogP contribution in [-0.2, 0) is 11.3 Å². The van der Waals surface area contributed by atoms with Crippen molar-refractivity contribution in [3.05, 3.63) is 35.9 Å². The molecule has 1 aliphatic rings. The number of halogens is 1. The van der Waals surface area contributed by atoms with Gasteiger partial charge in [-0.3, -0.25) is 4.79 Å². The average molecular weight is 326 g/mol. The topological polar surface area (TPSA) is 35.6 Å². The highest BCUT2D eigenvalue weighted by Gasteiger charge is 2.25. The molecule has 0 bridgehead atoms. The summed E-state index contributed by atoms with van der Waals surface area (Å²) >= 11 is 0. The van der Waals surface area contributed by atoms with Crippen LogP contribution in [0.1, 0.15) is 18.4 Å². The van der Waals surface area contributed by atoms with Crippen molar-refractivity contribution in [2.75, 3.05) is 40.3 Å². The summed E-state index contributed by atoms with van der Waals surface area (Å²) in [7, 11) is 4.10. The number of hydrogen-bond acceptors (Lipinski definition) is 3. The summed E-state index contributed by atoms with van der Waals surface area (Å²) < 4.78 is 0. The molecule has 2 rings (SSSR count). The van der Waals surface area contributed by atoms with E-state index in [0.29, 0.717) is 12.5 Å². The number of carbonyl (C=O) groups excluding carboxylic acids is 1. The quantitative estimate of drug-likeness (QED) is 0.869. The van der Waals surface area contributed by atoms with Crippen LogP contribution in [0.3, 0.4) is 0 Å². The maximum absolute atomic E-state index is 12.8. The van der Waals surface area contributed by atoms with Crippen molar-refractivity contribution in [2.45, 2.75) is 19.4 Å². The standard InChI is InChI=1S/C17H27N3O.ClH/c1-19(2)11-12-20(14-15-7-4-3-5-8-15)17(21)16-9-6-10-18-13-16;/h3-5,7-8,16,18H,6,9-14H2,1-2H3;1H/t16-;/m1./s1. The minimum atomic E-state index is 0. The van der Waals surface area contributed by atoms with E-state index in [0.717, 1.165) is 39.0 Å². The molecule has 0 saturated carbocycles. The highest BCUT2D eigenvalue weighted by atomic mass is 35.5. The van der Waals surface area contributed by atoms with Gasteiger partial charge in [0.2, 0.25) is 5.91 Å². The highest BCUT2D eigenvalue weighted by Crippen LogP contribution is 2.15. The molecule has 0 aliphatic carbocycles. The van der Waals surface area contributed by atoms with Crippen molar-refractivity contribution in [1.82, 2.24) is 15.1 Å². The summed E-state index contributed by atoms with van der Waals surface area (Å²) in [6.07, 6.45) is 2.11. The lowest BCUT2D eigenvalue weighted by molar-refractivity contribution is -0.136. The monoisotopic (exact) mass is 325 g/mol. The number of nitrogens with one attached hydrogen (secondary N) is 1. The summed E-state index contributed by atoms with van der Waals surface area (Å²) in [5.41, 5.74) is 1.20. The molecular formula is C17H28ClN3O. The molecule has 22 heavy (non-hydrogen) atoms. The second-order valence-electron chi connectivity index (χ2n) is 6.09. The zero-order valence-electron chi connectivity index (χ0n) is 13.6. The number of carbonyl (C=O) groups is 1. The predicted octanol–water partition coefficient (Wildman–Crippen LogP) is 2.00.